The number of carbonyl (C=O) groups is 1. The fraction of sp³-hybridized carbons (Fsp3) is 0.300. The lowest BCUT2D eigenvalue weighted by Crippen LogP contribution is -2.41. The van der Waals surface area contributed by atoms with E-state index in [9.17, 15) is 4.79 Å². The van der Waals surface area contributed by atoms with E-state index in [2.05, 4.69) is 25.5 Å². The average Bonchev–Trinajstić information content (AvgIpc) is 3.37. The zero-order valence-corrected chi connectivity index (χ0v) is 19.1. The number of hydrogen-bond donors (Lipinski definition) is 2. The van der Waals surface area contributed by atoms with E-state index >= 15 is 0 Å². The van der Waals surface area contributed by atoms with Crippen LogP contribution in [0.1, 0.15) is 18.4 Å². The summed E-state index contributed by atoms with van der Waals surface area (Å²) in [5, 5.41) is 6.86. The molecule has 7 nitrogen and oxygen atoms in total. The Labute approximate surface area is 192 Å². The molecular weight excluding hydrogens is 443 g/mol. The zero-order chi connectivity index (χ0) is 19.5. The molecule has 0 bridgehead atoms. The Morgan fingerprint density at radius 1 is 1.20 bits per heavy atom. The van der Waals surface area contributed by atoms with Gasteiger partial charge in [-0.15, -0.1) is 24.8 Å². The van der Waals surface area contributed by atoms with Gasteiger partial charge in [0.25, 0.3) is 0 Å². The van der Waals surface area contributed by atoms with Crippen molar-refractivity contribution < 1.29 is 4.79 Å². The van der Waals surface area contributed by atoms with E-state index in [0.29, 0.717) is 0 Å². The molecule has 0 aliphatic carbocycles. The van der Waals surface area contributed by atoms with E-state index in [1.807, 2.05) is 43.5 Å². The van der Waals surface area contributed by atoms with Crippen molar-refractivity contribution in [3.05, 3.63) is 48.3 Å². The molecular formula is C20H24Cl2N6OS. The first-order valence-corrected chi connectivity index (χ1v) is 10.1. The molecule has 1 aliphatic rings. The van der Waals surface area contributed by atoms with Crippen LogP contribution >= 0.6 is 36.2 Å². The molecule has 30 heavy (non-hydrogen) atoms. The first-order chi connectivity index (χ1) is 13.6. The minimum atomic E-state index is -0.141. The van der Waals surface area contributed by atoms with E-state index in [-0.39, 0.29) is 36.8 Å². The van der Waals surface area contributed by atoms with Crippen molar-refractivity contribution >= 4 is 58.8 Å². The highest BCUT2D eigenvalue weighted by Crippen LogP contribution is 2.34. The van der Waals surface area contributed by atoms with Crippen LogP contribution in [0.3, 0.4) is 0 Å². The van der Waals surface area contributed by atoms with Crippen LogP contribution in [0, 0.1) is 6.92 Å². The third kappa shape index (κ3) is 5.19. The van der Waals surface area contributed by atoms with Gasteiger partial charge < -0.3 is 15.5 Å². The maximum atomic E-state index is 12.1. The molecule has 4 rings (SSSR count). The lowest BCUT2D eigenvalue weighted by molar-refractivity contribution is -0.121. The highest BCUT2D eigenvalue weighted by molar-refractivity contribution is 7.18. The molecule has 1 unspecified atom stereocenters. The molecule has 0 saturated carbocycles. The Bertz CT molecular complexity index is 999. The number of rotatable bonds is 5. The van der Waals surface area contributed by atoms with Gasteiger partial charge >= 0.3 is 0 Å². The van der Waals surface area contributed by atoms with Crippen LogP contribution in [0.15, 0.2) is 42.7 Å². The number of halogens is 2. The molecule has 0 spiro atoms. The van der Waals surface area contributed by atoms with Gasteiger partial charge in [-0.05, 0) is 49.6 Å². The zero-order valence-electron chi connectivity index (χ0n) is 16.7. The van der Waals surface area contributed by atoms with E-state index in [1.54, 1.807) is 24.6 Å². The molecule has 3 aromatic heterocycles. The molecule has 3 aromatic rings. The molecule has 1 fully saturated rings. The smallest absolute Gasteiger partial charge is 0.242 e. The Morgan fingerprint density at radius 3 is 2.80 bits per heavy atom. The van der Waals surface area contributed by atoms with Crippen molar-refractivity contribution in [3.63, 3.8) is 0 Å². The van der Waals surface area contributed by atoms with Crippen molar-refractivity contribution in [1.29, 1.82) is 0 Å². The third-order valence-corrected chi connectivity index (χ3v) is 5.77. The molecule has 160 valence electrons. The first-order valence-electron chi connectivity index (χ1n) is 9.25. The second-order valence-electron chi connectivity index (χ2n) is 6.72. The number of aryl methyl sites for hydroxylation is 1. The Morgan fingerprint density at radius 2 is 2.03 bits per heavy atom. The normalized spacial score (nSPS) is 15.1. The Hall–Kier alpha value is -2.42. The number of pyridine rings is 2. The molecule has 0 radical (unpaired) electrons. The van der Waals surface area contributed by atoms with Crippen LogP contribution in [0.5, 0.6) is 0 Å². The van der Waals surface area contributed by atoms with Crippen LogP contribution < -0.4 is 15.5 Å². The van der Waals surface area contributed by atoms with Gasteiger partial charge in [-0.2, -0.15) is 0 Å². The molecule has 4 heterocycles. The van der Waals surface area contributed by atoms with E-state index in [1.165, 1.54) is 0 Å². The van der Waals surface area contributed by atoms with Crippen LogP contribution in [0.25, 0.3) is 10.6 Å². The van der Waals surface area contributed by atoms with Gasteiger partial charge in [0.1, 0.15) is 17.7 Å². The van der Waals surface area contributed by atoms with Crippen LogP contribution in [-0.4, -0.2) is 40.5 Å². The highest BCUT2D eigenvalue weighted by Gasteiger charge is 2.32. The summed E-state index contributed by atoms with van der Waals surface area (Å²) in [6.45, 7) is 2.87. The van der Waals surface area contributed by atoms with E-state index < -0.39 is 0 Å². The van der Waals surface area contributed by atoms with Crippen LogP contribution in [0.2, 0.25) is 0 Å². The van der Waals surface area contributed by atoms with Gasteiger partial charge in [0.2, 0.25) is 5.91 Å². The largest absolute Gasteiger partial charge is 0.357 e. The fourth-order valence-electron chi connectivity index (χ4n) is 3.33. The van der Waals surface area contributed by atoms with Crippen molar-refractivity contribution in [3.8, 4) is 10.6 Å². The van der Waals surface area contributed by atoms with E-state index in [0.717, 1.165) is 52.3 Å². The van der Waals surface area contributed by atoms with E-state index in [4.69, 9.17) is 4.98 Å². The predicted molar refractivity (Wildman–Crippen MR) is 127 cm³/mol. The summed E-state index contributed by atoms with van der Waals surface area (Å²) in [4.78, 5) is 28.8. The van der Waals surface area contributed by atoms with Gasteiger partial charge in [-0.25, -0.2) is 15.0 Å². The standard InChI is InChI=1S/C20H22N6OS.2ClH/c1-13-8-9-22-18(11-13)25-17-7-3-5-14(24-17)16-12-23-20(28-16)26-10-4-6-15(26)19(27)21-2;;/h3,5,7-9,11-12,15H,4,6,10H2,1-2H3,(H,21,27)(H,22,24,25);2*1H. The maximum absolute atomic E-state index is 12.1. The molecule has 1 atom stereocenters. The SMILES string of the molecule is CNC(=O)C1CCCN1c1ncc(-c2cccc(Nc3cc(C)ccn3)n2)s1.Cl.Cl. The quantitative estimate of drug-likeness (QED) is 0.585. The number of aromatic nitrogens is 3. The number of nitrogens with one attached hydrogen (secondary N) is 2. The number of carbonyl (C=O) groups excluding carboxylic acids is 1. The topological polar surface area (TPSA) is 83.0 Å². The summed E-state index contributed by atoms with van der Waals surface area (Å²) in [5.41, 5.74) is 1.98. The second-order valence-corrected chi connectivity index (χ2v) is 7.73. The molecule has 0 aromatic carbocycles. The molecule has 10 heteroatoms. The Balaban J connectivity index is 0.00000160. The van der Waals surface area contributed by atoms with Gasteiger partial charge in [-0.3, -0.25) is 4.79 Å². The van der Waals surface area contributed by atoms with Gasteiger partial charge in [-0.1, -0.05) is 17.4 Å². The van der Waals surface area contributed by atoms with Crippen molar-refractivity contribution in [2.75, 3.05) is 23.8 Å². The second kappa shape index (κ2) is 10.6. The van der Waals surface area contributed by atoms with Crippen LogP contribution in [0.4, 0.5) is 16.8 Å². The van der Waals surface area contributed by atoms with Gasteiger partial charge in [0.15, 0.2) is 5.13 Å². The summed E-state index contributed by atoms with van der Waals surface area (Å²) < 4.78 is 0. The number of amides is 1. The molecule has 1 saturated heterocycles. The summed E-state index contributed by atoms with van der Waals surface area (Å²) >= 11 is 1.56. The van der Waals surface area contributed by atoms with Crippen molar-refractivity contribution in [2.24, 2.45) is 0 Å². The first kappa shape index (κ1) is 23.9. The summed E-state index contributed by atoms with van der Waals surface area (Å²) in [6, 6.07) is 9.63. The molecule has 1 amide bonds. The highest BCUT2D eigenvalue weighted by atomic mass is 35.5. The molecule has 2 N–H and O–H groups in total. The van der Waals surface area contributed by atoms with Crippen molar-refractivity contribution in [2.45, 2.75) is 25.8 Å². The summed E-state index contributed by atoms with van der Waals surface area (Å²) in [5.74, 6) is 1.54. The number of thiazole rings is 1. The molecule has 1 aliphatic heterocycles. The average molecular weight is 467 g/mol. The monoisotopic (exact) mass is 466 g/mol. The lowest BCUT2D eigenvalue weighted by Gasteiger charge is -2.22. The maximum Gasteiger partial charge on any atom is 0.242 e. The fourth-order valence-corrected chi connectivity index (χ4v) is 4.29. The number of hydrogen-bond acceptors (Lipinski definition) is 7. The minimum absolute atomic E-state index is 0. The lowest BCUT2D eigenvalue weighted by atomic mass is 10.2. The van der Waals surface area contributed by atoms with Crippen LogP contribution in [-0.2, 0) is 4.79 Å². The summed E-state index contributed by atoms with van der Waals surface area (Å²) in [7, 11) is 1.68. The summed E-state index contributed by atoms with van der Waals surface area (Å²) in [6.07, 6.45) is 5.45. The third-order valence-electron chi connectivity index (χ3n) is 4.71. The number of anilines is 3. The van der Waals surface area contributed by atoms with Gasteiger partial charge in [0.05, 0.1) is 10.6 Å². The number of likely N-dealkylation sites (N-methyl/N-ethyl adjacent to an activating group) is 1. The van der Waals surface area contributed by atoms with Crippen molar-refractivity contribution in [1.82, 2.24) is 20.3 Å². The van der Waals surface area contributed by atoms with Gasteiger partial charge in [0, 0.05) is 26.0 Å². The Kier molecular flexibility index (Phi) is 8.40. The minimum Gasteiger partial charge on any atom is -0.357 e. The number of nitrogens with zero attached hydrogens (tertiary/aromatic N) is 4. The predicted octanol–water partition coefficient (Wildman–Crippen LogP) is 4.21.